The number of nitrogens with zero attached hydrogens (tertiary/aromatic N) is 2. The third-order valence-corrected chi connectivity index (χ3v) is 7.13. The Morgan fingerprint density at radius 2 is 1.67 bits per heavy atom. The number of aromatic nitrogens is 2. The van der Waals surface area contributed by atoms with Crippen LogP contribution < -0.4 is 5.32 Å². The number of hydrogen-bond acceptors (Lipinski definition) is 3. The molecule has 2 N–H and O–H groups in total. The molecule has 0 spiro atoms. The molecule has 202 valence electrons. The first kappa shape index (κ1) is 30.1. The van der Waals surface area contributed by atoms with Crippen LogP contribution in [-0.4, -0.2) is 39.7 Å². The summed E-state index contributed by atoms with van der Waals surface area (Å²) in [4.78, 5) is 22.9. The van der Waals surface area contributed by atoms with E-state index in [0.717, 1.165) is 67.3 Å². The minimum atomic E-state index is -0.762. The summed E-state index contributed by atoms with van der Waals surface area (Å²) in [5.74, 6) is 0.364. The minimum absolute atomic E-state index is 0.00812. The molecule has 8 heteroatoms. The fourth-order valence-electron chi connectivity index (χ4n) is 4.08. The first-order valence-electron chi connectivity index (χ1n) is 13.5. The molecule has 0 aliphatic rings. The van der Waals surface area contributed by atoms with Gasteiger partial charge < -0.3 is 15.2 Å². The Bertz CT molecular complexity index is 907. The highest BCUT2D eigenvalue weighted by Crippen LogP contribution is 2.28. The average Bonchev–Trinajstić information content (AvgIpc) is 3.26. The number of urea groups is 1. The van der Waals surface area contributed by atoms with E-state index in [1.54, 1.807) is 16.7 Å². The Kier molecular flexibility index (Phi) is 13.3. The van der Waals surface area contributed by atoms with E-state index in [1.807, 2.05) is 0 Å². The summed E-state index contributed by atoms with van der Waals surface area (Å²) in [5.41, 5.74) is 2.39. The summed E-state index contributed by atoms with van der Waals surface area (Å²) in [6.45, 7) is 12.1. The van der Waals surface area contributed by atoms with Crippen molar-refractivity contribution in [3.05, 3.63) is 41.2 Å². The van der Waals surface area contributed by atoms with Crippen molar-refractivity contribution in [2.24, 2.45) is 0 Å². The van der Waals surface area contributed by atoms with Gasteiger partial charge in [0.2, 0.25) is 0 Å². The Labute approximate surface area is 220 Å². The van der Waals surface area contributed by atoms with E-state index in [4.69, 9.17) is 4.98 Å². The zero-order chi connectivity index (χ0) is 26.5. The molecule has 2 amide bonds. The number of rotatable bonds is 16. The van der Waals surface area contributed by atoms with Crippen LogP contribution in [0.15, 0.2) is 23.4 Å². The van der Waals surface area contributed by atoms with Gasteiger partial charge in [0.05, 0.1) is 11.4 Å². The molecule has 1 aromatic heterocycles. The van der Waals surface area contributed by atoms with Crippen LogP contribution in [0.25, 0.3) is 0 Å². The van der Waals surface area contributed by atoms with E-state index in [2.05, 4.69) is 44.9 Å². The number of halogens is 2. The second-order valence-corrected chi connectivity index (χ2v) is 11.1. The monoisotopic (exact) mass is 522 g/mol. The van der Waals surface area contributed by atoms with Crippen molar-refractivity contribution in [3.63, 3.8) is 0 Å². The Morgan fingerprint density at radius 1 is 1.00 bits per heavy atom. The van der Waals surface area contributed by atoms with Crippen LogP contribution in [0.4, 0.5) is 19.3 Å². The lowest BCUT2D eigenvalue weighted by Crippen LogP contribution is -2.36. The molecule has 1 aromatic carbocycles. The number of amides is 2. The van der Waals surface area contributed by atoms with Gasteiger partial charge in [0.1, 0.15) is 11.6 Å². The Balaban J connectivity index is 1.82. The second kappa shape index (κ2) is 15.9. The average molecular weight is 523 g/mol. The standard InChI is InChI=1S/C28H44F2N4OS/c1-6-7-8-9-11-16-34(28(35)31-24-15-14-22(29)19-23(24)30)17-12-10-13-18-36-27-32-25(20(2)3)26(33-27)21(4)5/h14-15,19-21H,6-13,16-18H2,1-5H3,(H,31,35)(H,32,33). The number of carbonyl (C=O) groups excluding carboxylic acids is 1. The van der Waals surface area contributed by atoms with Crippen molar-refractivity contribution >= 4 is 23.5 Å². The van der Waals surface area contributed by atoms with E-state index in [1.165, 1.54) is 24.6 Å². The maximum atomic E-state index is 14.0. The number of H-pyrrole nitrogens is 1. The molecule has 2 aromatic rings. The van der Waals surface area contributed by atoms with Gasteiger partial charge in [0.15, 0.2) is 5.16 Å². The molecule has 0 unspecified atom stereocenters. The van der Waals surface area contributed by atoms with Crippen LogP contribution in [0, 0.1) is 11.6 Å². The molecule has 0 saturated carbocycles. The third kappa shape index (κ3) is 10.1. The highest BCUT2D eigenvalue weighted by Gasteiger charge is 2.17. The predicted molar refractivity (Wildman–Crippen MR) is 147 cm³/mol. The zero-order valence-electron chi connectivity index (χ0n) is 22.6. The molecule has 0 atom stereocenters. The maximum Gasteiger partial charge on any atom is 0.321 e. The Morgan fingerprint density at radius 3 is 2.25 bits per heavy atom. The summed E-state index contributed by atoms with van der Waals surface area (Å²) in [5, 5.41) is 3.60. The van der Waals surface area contributed by atoms with Gasteiger partial charge >= 0.3 is 6.03 Å². The number of hydrogen-bond donors (Lipinski definition) is 2. The fraction of sp³-hybridized carbons (Fsp3) is 0.643. The van der Waals surface area contributed by atoms with E-state index >= 15 is 0 Å². The van der Waals surface area contributed by atoms with Crippen LogP contribution in [0.2, 0.25) is 0 Å². The molecule has 0 bridgehead atoms. The number of imidazole rings is 1. The lowest BCUT2D eigenvalue weighted by atomic mass is 10.0. The maximum absolute atomic E-state index is 14.0. The summed E-state index contributed by atoms with van der Waals surface area (Å²) in [6, 6.07) is 2.88. The van der Waals surface area contributed by atoms with Crippen molar-refractivity contribution < 1.29 is 13.6 Å². The van der Waals surface area contributed by atoms with Gasteiger partial charge in [-0.25, -0.2) is 18.6 Å². The van der Waals surface area contributed by atoms with Crippen LogP contribution in [-0.2, 0) is 0 Å². The van der Waals surface area contributed by atoms with Crippen LogP contribution >= 0.6 is 11.8 Å². The van der Waals surface area contributed by atoms with Crippen molar-refractivity contribution in [3.8, 4) is 0 Å². The second-order valence-electron chi connectivity index (χ2n) is 10.0. The normalized spacial score (nSPS) is 11.5. The number of benzene rings is 1. The first-order chi connectivity index (χ1) is 17.2. The number of anilines is 1. The van der Waals surface area contributed by atoms with Crippen LogP contribution in [0.5, 0.6) is 0 Å². The zero-order valence-corrected chi connectivity index (χ0v) is 23.4. The predicted octanol–water partition coefficient (Wildman–Crippen LogP) is 8.70. The molecule has 5 nitrogen and oxygen atoms in total. The third-order valence-electron chi connectivity index (χ3n) is 6.17. The number of carbonyl (C=O) groups is 1. The molecule has 2 rings (SSSR count). The first-order valence-corrected chi connectivity index (χ1v) is 14.4. The van der Waals surface area contributed by atoms with Crippen LogP contribution in [0.1, 0.15) is 109 Å². The van der Waals surface area contributed by atoms with E-state index in [0.29, 0.717) is 24.9 Å². The van der Waals surface area contributed by atoms with Crippen LogP contribution in [0.3, 0.4) is 0 Å². The number of unbranched alkanes of at least 4 members (excludes halogenated alkanes) is 6. The lowest BCUT2D eigenvalue weighted by molar-refractivity contribution is 0.209. The van der Waals surface area contributed by atoms with Crippen molar-refractivity contribution in [2.75, 3.05) is 24.2 Å². The van der Waals surface area contributed by atoms with Gasteiger partial charge in [-0.1, -0.05) is 78.5 Å². The summed E-state index contributed by atoms with van der Waals surface area (Å²) >= 11 is 1.75. The summed E-state index contributed by atoms with van der Waals surface area (Å²) in [7, 11) is 0. The van der Waals surface area contributed by atoms with Crippen molar-refractivity contribution in [2.45, 2.75) is 103 Å². The van der Waals surface area contributed by atoms with E-state index in [9.17, 15) is 13.6 Å². The minimum Gasteiger partial charge on any atom is -0.336 e. The molecule has 0 radical (unpaired) electrons. The summed E-state index contributed by atoms with van der Waals surface area (Å²) < 4.78 is 27.2. The SMILES string of the molecule is CCCCCCCN(CCCCCSc1nc(C(C)C)c(C(C)C)[nH]1)C(=O)Nc1ccc(F)cc1F. The Hall–Kier alpha value is -2.09. The smallest absolute Gasteiger partial charge is 0.321 e. The van der Waals surface area contributed by atoms with Crippen molar-refractivity contribution in [1.82, 2.24) is 14.9 Å². The quantitative estimate of drug-likeness (QED) is 0.171. The number of thioether (sulfide) groups is 1. The number of aromatic amines is 1. The largest absolute Gasteiger partial charge is 0.336 e. The molecule has 0 fully saturated rings. The van der Waals surface area contributed by atoms with Crippen molar-refractivity contribution in [1.29, 1.82) is 0 Å². The highest BCUT2D eigenvalue weighted by atomic mass is 32.2. The van der Waals surface area contributed by atoms with Gasteiger partial charge in [-0.3, -0.25) is 0 Å². The van der Waals surface area contributed by atoms with Gasteiger partial charge in [0, 0.05) is 30.6 Å². The lowest BCUT2D eigenvalue weighted by Gasteiger charge is -2.23. The molecule has 0 saturated heterocycles. The summed E-state index contributed by atoms with van der Waals surface area (Å²) in [6.07, 6.45) is 8.40. The highest BCUT2D eigenvalue weighted by molar-refractivity contribution is 7.99. The molecular formula is C28H44F2N4OS. The molecular weight excluding hydrogens is 478 g/mol. The van der Waals surface area contributed by atoms with Gasteiger partial charge in [-0.05, 0) is 43.2 Å². The van der Waals surface area contributed by atoms with Gasteiger partial charge in [0.25, 0.3) is 0 Å². The van der Waals surface area contributed by atoms with Gasteiger partial charge in [-0.15, -0.1) is 0 Å². The van der Waals surface area contributed by atoms with E-state index in [-0.39, 0.29) is 11.7 Å². The molecule has 1 heterocycles. The number of nitrogens with one attached hydrogen (secondary N) is 2. The fourth-order valence-corrected chi connectivity index (χ4v) is 4.97. The molecule has 0 aliphatic heterocycles. The molecule has 0 aliphatic carbocycles. The topological polar surface area (TPSA) is 61.0 Å². The van der Waals surface area contributed by atoms with Gasteiger partial charge in [-0.2, -0.15) is 0 Å². The molecule has 36 heavy (non-hydrogen) atoms. The van der Waals surface area contributed by atoms with E-state index < -0.39 is 11.6 Å².